The molecule has 0 unspecified atom stereocenters. The summed E-state index contributed by atoms with van der Waals surface area (Å²) in [7, 11) is -2.00. The summed E-state index contributed by atoms with van der Waals surface area (Å²) < 4.78 is 50.2. The number of rotatable bonds is 7. The van der Waals surface area contributed by atoms with Crippen molar-refractivity contribution in [1.29, 1.82) is 0 Å². The van der Waals surface area contributed by atoms with Gasteiger partial charge in [-0.25, -0.2) is 27.6 Å². The molecule has 0 spiro atoms. The molecule has 1 aliphatic carbocycles. The van der Waals surface area contributed by atoms with Gasteiger partial charge in [0.1, 0.15) is 5.82 Å². The van der Waals surface area contributed by atoms with Crippen LogP contribution in [0.1, 0.15) is 19.8 Å². The van der Waals surface area contributed by atoms with Crippen molar-refractivity contribution >= 4 is 27.5 Å². The minimum absolute atomic E-state index is 0.0151. The van der Waals surface area contributed by atoms with E-state index in [1.54, 1.807) is 25.3 Å². The van der Waals surface area contributed by atoms with Crippen molar-refractivity contribution in [1.82, 2.24) is 15.3 Å². The molecule has 10 nitrogen and oxygen atoms in total. The van der Waals surface area contributed by atoms with Gasteiger partial charge in [-0.05, 0) is 56.2 Å². The fourth-order valence-corrected chi connectivity index (χ4v) is 5.73. The first-order chi connectivity index (χ1) is 19.1. The highest BCUT2D eigenvalue weighted by Crippen LogP contribution is 2.32. The number of urea groups is 1. The van der Waals surface area contributed by atoms with Crippen molar-refractivity contribution in [2.24, 2.45) is 0 Å². The number of amides is 2. The normalized spacial score (nSPS) is 21.0. The highest BCUT2D eigenvalue weighted by atomic mass is 32.2. The zero-order valence-corrected chi connectivity index (χ0v) is 23.4. The zero-order chi connectivity index (χ0) is 28.4. The van der Waals surface area contributed by atoms with E-state index in [1.165, 1.54) is 12.1 Å². The summed E-state index contributed by atoms with van der Waals surface area (Å²) in [4.78, 5) is 23.8. The van der Waals surface area contributed by atoms with Crippen LogP contribution in [-0.2, 0) is 19.3 Å². The number of ether oxygens (including phenoxy) is 2. The predicted molar refractivity (Wildman–Crippen MR) is 150 cm³/mol. The number of halogens is 1. The maximum atomic E-state index is 14.3. The van der Waals surface area contributed by atoms with Gasteiger partial charge < -0.3 is 25.0 Å². The Morgan fingerprint density at radius 3 is 2.50 bits per heavy atom. The molecule has 212 valence electrons. The van der Waals surface area contributed by atoms with Crippen molar-refractivity contribution in [3.8, 4) is 22.5 Å². The van der Waals surface area contributed by atoms with E-state index in [9.17, 15) is 17.6 Å². The molecule has 3 aromatic rings. The number of benzene rings is 2. The lowest BCUT2D eigenvalue weighted by Gasteiger charge is -2.34. The Hall–Kier alpha value is -3.61. The molecule has 5 rings (SSSR count). The highest BCUT2D eigenvalue weighted by molar-refractivity contribution is 7.90. The second-order valence-electron chi connectivity index (χ2n) is 10.2. The fraction of sp³-hybridized carbons (Fsp3) is 0.393. The Bertz CT molecular complexity index is 1500. The molecule has 1 saturated heterocycles. The first-order valence-electron chi connectivity index (χ1n) is 13.0. The maximum absolute atomic E-state index is 14.3. The van der Waals surface area contributed by atoms with Crippen molar-refractivity contribution in [3.63, 3.8) is 0 Å². The van der Waals surface area contributed by atoms with Crippen LogP contribution in [0, 0.1) is 5.82 Å². The summed E-state index contributed by atoms with van der Waals surface area (Å²) in [5.74, 6) is -0.180. The lowest BCUT2D eigenvalue weighted by atomic mass is 9.89. The number of hydrogen-bond donors (Lipinski definition) is 2. The quantitative estimate of drug-likeness (QED) is 0.411. The Balaban J connectivity index is 1.47. The number of carbonyl (C=O) groups is 1. The molecule has 1 atom stereocenters. The van der Waals surface area contributed by atoms with Gasteiger partial charge in [0.05, 0.1) is 41.6 Å². The summed E-state index contributed by atoms with van der Waals surface area (Å²) in [5, 5.41) is 5.76. The van der Waals surface area contributed by atoms with E-state index in [0.717, 1.165) is 30.7 Å². The third-order valence-electron chi connectivity index (χ3n) is 7.16. The average Bonchev–Trinajstić information content (AvgIpc) is 2.90. The number of morpholine rings is 1. The lowest BCUT2D eigenvalue weighted by molar-refractivity contribution is 0.0210. The van der Waals surface area contributed by atoms with E-state index in [0.29, 0.717) is 37.1 Å². The van der Waals surface area contributed by atoms with Gasteiger partial charge in [-0.3, -0.25) is 0 Å². The Morgan fingerprint density at radius 1 is 1.10 bits per heavy atom. The molecule has 12 heteroatoms. The molecule has 0 radical (unpaired) electrons. The third kappa shape index (κ3) is 6.24. The predicted octanol–water partition coefficient (Wildman–Crippen LogP) is 3.88. The molecular weight excluding hydrogens is 537 g/mol. The number of sulfone groups is 1. The second-order valence-corrected chi connectivity index (χ2v) is 12.2. The number of hydrogen-bond acceptors (Lipinski definition) is 8. The van der Waals surface area contributed by atoms with Crippen LogP contribution >= 0.6 is 0 Å². The lowest BCUT2D eigenvalue weighted by Crippen LogP contribution is -2.48. The molecule has 1 aliphatic heterocycles. The fourth-order valence-electron chi connectivity index (χ4n) is 4.85. The molecular formula is C28H32FN5O5S. The zero-order valence-electron chi connectivity index (χ0n) is 22.6. The maximum Gasteiger partial charge on any atom is 0.319 e. The van der Waals surface area contributed by atoms with E-state index in [1.807, 2.05) is 24.0 Å². The minimum atomic E-state index is -3.67. The molecule has 2 fully saturated rings. The monoisotopic (exact) mass is 569 g/mol. The molecule has 1 saturated carbocycles. The standard InChI is InChI=1S/C28H32FN5O5S/c1-17-16-39-11-10-34(17)27-32-24(15-25(33-27)23-12-19(29)6-9-26(23)40(3,36)37)18-4-7-20(8-5-18)30-28(35)31-21-13-22(14-21)38-2/h4-9,12,15,17,21-22H,10-11,13-14,16H2,1-3H3,(H2,30,31,35)/t17-,21?,22?/m0/s1. The summed E-state index contributed by atoms with van der Waals surface area (Å²) in [6.45, 7) is 3.53. The van der Waals surface area contributed by atoms with Crippen LogP contribution in [0.2, 0.25) is 0 Å². The van der Waals surface area contributed by atoms with Gasteiger partial charge in [0.2, 0.25) is 5.95 Å². The average molecular weight is 570 g/mol. The molecule has 1 aromatic heterocycles. The molecule has 2 amide bonds. The molecule has 2 N–H and O–H groups in total. The van der Waals surface area contributed by atoms with Crippen LogP contribution < -0.4 is 15.5 Å². The summed E-state index contributed by atoms with van der Waals surface area (Å²) >= 11 is 0. The van der Waals surface area contributed by atoms with Crippen LogP contribution in [0.4, 0.5) is 20.8 Å². The van der Waals surface area contributed by atoms with Crippen LogP contribution in [-0.4, -0.2) is 75.7 Å². The molecule has 40 heavy (non-hydrogen) atoms. The molecule has 2 aliphatic rings. The largest absolute Gasteiger partial charge is 0.381 e. The van der Waals surface area contributed by atoms with Gasteiger partial charge in [-0.15, -0.1) is 0 Å². The number of nitrogens with zero attached hydrogens (tertiary/aromatic N) is 3. The van der Waals surface area contributed by atoms with Gasteiger partial charge in [0.25, 0.3) is 0 Å². The van der Waals surface area contributed by atoms with Crippen LogP contribution in [0.25, 0.3) is 22.5 Å². The SMILES string of the molecule is COC1CC(NC(=O)Nc2ccc(-c3cc(-c4cc(F)ccc4S(C)(=O)=O)nc(N4CCOC[C@@H]4C)n3)cc2)C1. The topological polar surface area (TPSA) is 123 Å². The highest BCUT2D eigenvalue weighted by Gasteiger charge is 2.30. The summed E-state index contributed by atoms with van der Waals surface area (Å²) in [6.07, 6.45) is 2.85. The number of aromatic nitrogens is 2. The van der Waals surface area contributed by atoms with Crippen molar-refractivity contribution in [3.05, 3.63) is 54.3 Å². The van der Waals surface area contributed by atoms with E-state index >= 15 is 0 Å². The Labute approximate surface area is 232 Å². The van der Waals surface area contributed by atoms with Crippen LogP contribution in [0.3, 0.4) is 0 Å². The van der Waals surface area contributed by atoms with Gasteiger partial charge >= 0.3 is 6.03 Å². The van der Waals surface area contributed by atoms with E-state index < -0.39 is 15.7 Å². The molecule has 0 bridgehead atoms. The van der Waals surface area contributed by atoms with Crippen molar-refractivity contribution in [2.45, 2.75) is 42.8 Å². The van der Waals surface area contributed by atoms with Crippen LogP contribution in [0.15, 0.2) is 53.4 Å². The second kappa shape index (κ2) is 11.5. The smallest absolute Gasteiger partial charge is 0.319 e. The number of anilines is 2. The van der Waals surface area contributed by atoms with E-state index in [-0.39, 0.29) is 40.4 Å². The summed E-state index contributed by atoms with van der Waals surface area (Å²) in [6, 6.07) is 12.1. The van der Waals surface area contributed by atoms with Gasteiger partial charge in [-0.1, -0.05) is 12.1 Å². The Morgan fingerprint density at radius 2 is 1.82 bits per heavy atom. The third-order valence-corrected chi connectivity index (χ3v) is 8.31. The number of carbonyl (C=O) groups excluding carboxylic acids is 1. The van der Waals surface area contributed by atoms with Crippen LogP contribution in [0.5, 0.6) is 0 Å². The number of methoxy groups -OCH3 is 1. The van der Waals surface area contributed by atoms with Crippen molar-refractivity contribution in [2.75, 3.05) is 43.3 Å². The van der Waals surface area contributed by atoms with E-state index in [4.69, 9.17) is 14.5 Å². The summed E-state index contributed by atoms with van der Waals surface area (Å²) in [5.41, 5.74) is 2.30. The van der Waals surface area contributed by atoms with E-state index in [2.05, 4.69) is 15.6 Å². The minimum Gasteiger partial charge on any atom is -0.381 e. The number of nitrogens with one attached hydrogen (secondary N) is 2. The van der Waals surface area contributed by atoms with Gasteiger partial charge in [0, 0.05) is 42.8 Å². The first-order valence-corrected chi connectivity index (χ1v) is 14.9. The Kier molecular flexibility index (Phi) is 8.02. The van der Waals surface area contributed by atoms with Gasteiger partial charge in [0.15, 0.2) is 9.84 Å². The van der Waals surface area contributed by atoms with Crippen molar-refractivity contribution < 1.29 is 27.1 Å². The molecule has 2 aromatic carbocycles. The van der Waals surface area contributed by atoms with Gasteiger partial charge in [-0.2, -0.15) is 0 Å². The molecule has 2 heterocycles. The first kappa shape index (κ1) is 27.9.